The van der Waals surface area contributed by atoms with Gasteiger partial charge in [0.15, 0.2) is 0 Å². The van der Waals surface area contributed by atoms with Gasteiger partial charge in [-0.25, -0.2) is 9.59 Å². The van der Waals surface area contributed by atoms with Gasteiger partial charge >= 0.3 is 18.4 Å². The number of halogens is 4. The zero-order chi connectivity index (χ0) is 25.5. The van der Waals surface area contributed by atoms with Gasteiger partial charge in [0.1, 0.15) is 0 Å². The number of carbonyl (C=O) groups is 2. The fraction of sp³-hybridized carbons (Fsp3) is 0.500. The van der Waals surface area contributed by atoms with Crippen LogP contribution >= 0.6 is 27.3 Å². The molecule has 2 atom stereocenters. The summed E-state index contributed by atoms with van der Waals surface area (Å²) >= 11 is 4.83. The van der Waals surface area contributed by atoms with Crippen LogP contribution in [0.5, 0.6) is 0 Å². The molecular formula is C24H26BrF3N2O4S. The number of hydrogen-bond donors (Lipinski definition) is 0. The molecule has 0 N–H and O–H groups in total. The lowest BCUT2D eigenvalue weighted by Gasteiger charge is -2.44. The van der Waals surface area contributed by atoms with Crippen molar-refractivity contribution >= 4 is 45.1 Å². The Morgan fingerprint density at radius 1 is 1.26 bits per heavy atom. The highest BCUT2D eigenvalue weighted by Gasteiger charge is 2.47. The fourth-order valence-corrected chi connectivity index (χ4v) is 6.00. The van der Waals surface area contributed by atoms with Gasteiger partial charge in [0.05, 0.1) is 37.1 Å². The Morgan fingerprint density at radius 3 is 2.51 bits per heavy atom. The van der Waals surface area contributed by atoms with Gasteiger partial charge in [-0.15, -0.1) is 11.3 Å². The Morgan fingerprint density at radius 2 is 1.97 bits per heavy atom. The number of carbonyl (C=O) groups excluding carboxylic acids is 2. The van der Waals surface area contributed by atoms with Crippen LogP contribution in [0.1, 0.15) is 55.2 Å². The van der Waals surface area contributed by atoms with E-state index in [1.807, 2.05) is 11.4 Å². The fourth-order valence-electron chi connectivity index (χ4n) is 4.55. The van der Waals surface area contributed by atoms with Gasteiger partial charge < -0.3 is 9.47 Å². The number of benzene rings is 1. The first-order chi connectivity index (χ1) is 16.5. The molecular weight excluding hydrogens is 549 g/mol. The van der Waals surface area contributed by atoms with Crippen molar-refractivity contribution in [2.24, 2.45) is 5.92 Å². The van der Waals surface area contributed by atoms with Crippen LogP contribution in [0, 0.1) is 5.92 Å². The molecule has 2 heterocycles. The third kappa shape index (κ3) is 5.61. The van der Waals surface area contributed by atoms with Crippen molar-refractivity contribution in [2.75, 3.05) is 12.0 Å². The maximum absolute atomic E-state index is 13.7. The molecule has 11 heteroatoms. The maximum Gasteiger partial charge on any atom is 0.416 e. The van der Waals surface area contributed by atoms with Crippen molar-refractivity contribution in [2.45, 2.75) is 64.0 Å². The summed E-state index contributed by atoms with van der Waals surface area (Å²) in [6.45, 7) is 3.61. The molecule has 2 amide bonds. The van der Waals surface area contributed by atoms with Crippen LogP contribution in [0.2, 0.25) is 0 Å². The second kappa shape index (κ2) is 10.0. The van der Waals surface area contributed by atoms with Crippen molar-refractivity contribution in [1.29, 1.82) is 0 Å². The minimum absolute atomic E-state index is 0.164. The molecule has 0 unspecified atom stereocenters. The van der Waals surface area contributed by atoms with E-state index < -0.39 is 30.0 Å². The number of rotatable bonds is 5. The predicted molar refractivity (Wildman–Crippen MR) is 129 cm³/mol. The molecule has 0 spiro atoms. The van der Waals surface area contributed by atoms with E-state index in [0.717, 1.165) is 34.3 Å². The quantitative estimate of drug-likeness (QED) is 0.374. The molecule has 0 bridgehead atoms. The zero-order valence-corrected chi connectivity index (χ0v) is 21.9. The van der Waals surface area contributed by atoms with E-state index in [4.69, 9.17) is 9.47 Å². The monoisotopic (exact) mass is 574 g/mol. The molecule has 6 nitrogen and oxygen atoms in total. The molecule has 1 aromatic carbocycles. The highest BCUT2D eigenvalue weighted by Crippen LogP contribution is 2.50. The van der Waals surface area contributed by atoms with E-state index in [2.05, 4.69) is 15.9 Å². The topological polar surface area (TPSA) is 59.1 Å². The van der Waals surface area contributed by atoms with Gasteiger partial charge in [0.2, 0.25) is 0 Å². The zero-order valence-electron chi connectivity index (χ0n) is 19.5. The number of thiophene rings is 1. The maximum atomic E-state index is 13.7. The van der Waals surface area contributed by atoms with E-state index >= 15 is 0 Å². The highest BCUT2D eigenvalue weighted by atomic mass is 79.9. The number of alkyl halides is 3. The number of amides is 2. The first-order valence-corrected chi connectivity index (χ1v) is 12.9. The highest BCUT2D eigenvalue weighted by molar-refractivity contribution is 9.10. The van der Waals surface area contributed by atoms with Crippen LogP contribution in [-0.4, -0.2) is 36.3 Å². The van der Waals surface area contributed by atoms with Gasteiger partial charge in [-0.05, 0) is 84.8 Å². The molecule has 35 heavy (non-hydrogen) atoms. The molecule has 2 aliphatic rings. The molecule has 1 fully saturated rings. The minimum atomic E-state index is -4.58. The molecule has 1 saturated carbocycles. The molecule has 190 valence electrons. The average molecular weight is 575 g/mol. The summed E-state index contributed by atoms with van der Waals surface area (Å²) in [7, 11) is 1.25. The first kappa shape index (κ1) is 25.8. The Labute approximate surface area is 214 Å². The van der Waals surface area contributed by atoms with Gasteiger partial charge in [-0.2, -0.15) is 13.2 Å². The van der Waals surface area contributed by atoms with Crippen LogP contribution in [-0.2, 0) is 22.2 Å². The number of nitrogens with zero attached hydrogens (tertiary/aromatic N) is 2. The first-order valence-electron chi connectivity index (χ1n) is 11.3. The molecule has 2 aromatic rings. The molecule has 1 aliphatic carbocycles. The normalized spacial score (nSPS) is 19.9. The molecule has 1 aliphatic heterocycles. The molecule has 1 aromatic heterocycles. The summed E-state index contributed by atoms with van der Waals surface area (Å²) in [6, 6.07) is 4.17. The summed E-state index contributed by atoms with van der Waals surface area (Å²) < 4.78 is 52.4. The third-order valence-corrected chi connectivity index (χ3v) is 7.88. The van der Waals surface area contributed by atoms with Crippen LogP contribution < -0.4 is 4.90 Å². The lowest BCUT2D eigenvalue weighted by Crippen LogP contribution is -2.50. The minimum Gasteiger partial charge on any atom is -0.453 e. The van der Waals surface area contributed by atoms with Crippen molar-refractivity contribution in [3.63, 3.8) is 0 Å². The van der Waals surface area contributed by atoms with Gasteiger partial charge in [-0.3, -0.25) is 9.80 Å². The van der Waals surface area contributed by atoms with Crippen LogP contribution in [0.15, 0.2) is 34.1 Å². The van der Waals surface area contributed by atoms with Crippen LogP contribution in [0.3, 0.4) is 0 Å². The van der Waals surface area contributed by atoms with Crippen molar-refractivity contribution in [1.82, 2.24) is 4.90 Å². The van der Waals surface area contributed by atoms with E-state index in [-0.39, 0.29) is 36.6 Å². The number of fused-ring (bicyclic) bond motifs is 1. The van der Waals surface area contributed by atoms with Gasteiger partial charge in [0.25, 0.3) is 0 Å². The third-order valence-electron chi connectivity index (χ3n) is 6.20. The number of anilines is 1. The Kier molecular flexibility index (Phi) is 7.38. The lowest BCUT2D eigenvalue weighted by molar-refractivity contribution is -0.137. The molecule has 0 radical (unpaired) electrons. The Bertz CT molecular complexity index is 1100. The van der Waals surface area contributed by atoms with Crippen LogP contribution in [0.4, 0.5) is 28.4 Å². The van der Waals surface area contributed by atoms with E-state index in [1.165, 1.54) is 34.3 Å². The number of ether oxygens (including phenoxy) is 2. The second-order valence-corrected chi connectivity index (χ2v) is 11.0. The summed E-state index contributed by atoms with van der Waals surface area (Å²) in [5, 5.41) is 1.87. The Hall–Kier alpha value is -2.27. The van der Waals surface area contributed by atoms with E-state index in [1.54, 1.807) is 13.8 Å². The van der Waals surface area contributed by atoms with Gasteiger partial charge in [0, 0.05) is 20.8 Å². The largest absolute Gasteiger partial charge is 0.453 e. The number of methoxy groups -OCH3 is 1. The van der Waals surface area contributed by atoms with Gasteiger partial charge in [-0.1, -0.05) is 0 Å². The smallest absolute Gasteiger partial charge is 0.416 e. The summed E-state index contributed by atoms with van der Waals surface area (Å²) in [5.41, 5.74) is -0.261. The van der Waals surface area contributed by atoms with Crippen molar-refractivity contribution in [3.8, 4) is 0 Å². The summed E-state index contributed by atoms with van der Waals surface area (Å²) in [6.07, 6.45) is -4.12. The second-order valence-electron chi connectivity index (χ2n) is 9.06. The van der Waals surface area contributed by atoms with Crippen molar-refractivity contribution in [3.05, 3.63) is 50.1 Å². The summed E-state index contributed by atoms with van der Waals surface area (Å²) in [5.74, 6) is 0.183. The molecule has 0 saturated heterocycles. The van der Waals surface area contributed by atoms with Crippen molar-refractivity contribution < 1.29 is 32.2 Å². The van der Waals surface area contributed by atoms with E-state index in [9.17, 15) is 22.8 Å². The van der Waals surface area contributed by atoms with Crippen LogP contribution in [0.25, 0.3) is 0 Å². The SMILES string of the molecule is COC(=O)N(Cc1cc(Br)cs1)[C@@H]1C[C@H](C2CC2)N(C(=O)OC(C)C)c2ccc(C(F)(F)F)cc21. The summed E-state index contributed by atoms with van der Waals surface area (Å²) in [4.78, 5) is 29.9. The predicted octanol–water partition coefficient (Wildman–Crippen LogP) is 7.37. The number of hydrogen-bond acceptors (Lipinski definition) is 5. The average Bonchev–Trinajstić information content (AvgIpc) is 3.55. The molecule has 4 rings (SSSR count). The Balaban J connectivity index is 1.84. The lowest BCUT2D eigenvalue weighted by atomic mass is 9.87. The standard InChI is InChI=1S/C24H26BrF3N2O4S/c1-13(2)34-23(32)30-19-7-6-15(24(26,27)28)8-18(19)21(10-20(30)14-4-5-14)29(22(31)33-3)11-17-9-16(25)12-35-17/h6-9,12-14,20-21H,4-5,10-11H2,1-3H3/t20-,21-/m1/s1. The van der Waals surface area contributed by atoms with E-state index in [0.29, 0.717) is 5.69 Å².